The smallest absolute Gasteiger partial charge is 0.128 e. The van der Waals surface area contributed by atoms with Gasteiger partial charge < -0.3 is 9.84 Å². The number of fused-ring (bicyclic) bond motifs is 1. The summed E-state index contributed by atoms with van der Waals surface area (Å²) < 4.78 is 7.63. The second-order valence-corrected chi connectivity index (χ2v) is 6.37. The lowest BCUT2D eigenvalue weighted by Crippen LogP contribution is -2.02. The molecule has 1 heterocycles. The van der Waals surface area contributed by atoms with Crippen LogP contribution in [0.15, 0.2) is 45.3 Å². The third-order valence-electron chi connectivity index (χ3n) is 3.26. The molecule has 1 atom stereocenters. The van der Waals surface area contributed by atoms with Crippen molar-refractivity contribution < 1.29 is 9.84 Å². The Kier molecular flexibility index (Phi) is 3.65. The largest absolute Gasteiger partial charge is 0.493 e. The highest BCUT2D eigenvalue weighted by Crippen LogP contribution is 2.38. The molecular formula is C15H12Br2O2. The van der Waals surface area contributed by atoms with E-state index in [9.17, 15) is 5.11 Å². The zero-order valence-electron chi connectivity index (χ0n) is 10.1. The van der Waals surface area contributed by atoms with Crippen molar-refractivity contribution in [1.82, 2.24) is 0 Å². The van der Waals surface area contributed by atoms with E-state index in [0.717, 1.165) is 37.8 Å². The van der Waals surface area contributed by atoms with Crippen molar-refractivity contribution in [2.24, 2.45) is 0 Å². The summed E-state index contributed by atoms with van der Waals surface area (Å²) in [6, 6.07) is 11.7. The molecule has 0 aromatic heterocycles. The van der Waals surface area contributed by atoms with Gasteiger partial charge in [-0.2, -0.15) is 0 Å². The Bertz CT molecular complexity index is 608. The second-order valence-electron chi connectivity index (χ2n) is 4.54. The van der Waals surface area contributed by atoms with Crippen LogP contribution >= 0.6 is 31.9 Å². The summed E-state index contributed by atoms with van der Waals surface area (Å²) in [4.78, 5) is 0. The molecule has 19 heavy (non-hydrogen) atoms. The first-order chi connectivity index (χ1) is 9.15. The Morgan fingerprint density at radius 1 is 1.05 bits per heavy atom. The molecule has 1 aliphatic rings. The highest BCUT2D eigenvalue weighted by atomic mass is 79.9. The topological polar surface area (TPSA) is 29.5 Å². The molecule has 0 saturated carbocycles. The van der Waals surface area contributed by atoms with Gasteiger partial charge in [0, 0.05) is 20.9 Å². The number of halogens is 2. The quantitative estimate of drug-likeness (QED) is 0.840. The molecular weight excluding hydrogens is 372 g/mol. The van der Waals surface area contributed by atoms with Gasteiger partial charge in [-0.05, 0) is 35.4 Å². The van der Waals surface area contributed by atoms with Gasteiger partial charge in [0.15, 0.2) is 0 Å². The van der Waals surface area contributed by atoms with Crippen molar-refractivity contribution >= 4 is 31.9 Å². The summed E-state index contributed by atoms with van der Waals surface area (Å²) in [5.74, 6) is 0.832. The monoisotopic (exact) mass is 382 g/mol. The lowest BCUT2D eigenvalue weighted by atomic mass is 9.98. The molecule has 0 aliphatic carbocycles. The highest BCUT2D eigenvalue weighted by Gasteiger charge is 2.23. The van der Waals surface area contributed by atoms with Crippen LogP contribution in [0.4, 0.5) is 0 Å². The van der Waals surface area contributed by atoms with Crippen LogP contribution in [-0.2, 0) is 6.42 Å². The fourth-order valence-electron chi connectivity index (χ4n) is 2.33. The van der Waals surface area contributed by atoms with Crippen molar-refractivity contribution in [2.45, 2.75) is 12.5 Å². The zero-order chi connectivity index (χ0) is 13.4. The van der Waals surface area contributed by atoms with Crippen LogP contribution in [0.25, 0.3) is 0 Å². The van der Waals surface area contributed by atoms with Crippen LogP contribution in [0.5, 0.6) is 5.75 Å². The van der Waals surface area contributed by atoms with E-state index >= 15 is 0 Å². The number of ether oxygens (including phenoxy) is 1. The van der Waals surface area contributed by atoms with Gasteiger partial charge in [-0.15, -0.1) is 0 Å². The summed E-state index contributed by atoms with van der Waals surface area (Å²) >= 11 is 6.89. The molecule has 2 aromatic carbocycles. The number of hydrogen-bond acceptors (Lipinski definition) is 2. The Balaban J connectivity index is 2.04. The fourth-order valence-corrected chi connectivity index (χ4v) is 3.11. The van der Waals surface area contributed by atoms with Gasteiger partial charge in [0.25, 0.3) is 0 Å². The zero-order valence-corrected chi connectivity index (χ0v) is 13.2. The molecule has 4 heteroatoms. The van der Waals surface area contributed by atoms with Gasteiger partial charge in [0.05, 0.1) is 6.61 Å². The number of rotatable bonds is 2. The summed E-state index contributed by atoms with van der Waals surface area (Å²) in [5.41, 5.74) is 2.84. The molecule has 1 unspecified atom stereocenters. The summed E-state index contributed by atoms with van der Waals surface area (Å²) in [6.45, 7) is 0.686. The molecule has 0 radical (unpaired) electrons. The molecule has 0 bridgehead atoms. The van der Waals surface area contributed by atoms with Gasteiger partial charge >= 0.3 is 0 Å². The molecule has 0 saturated heterocycles. The molecule has 0 spiro atoms. The van der Waals surface area contributed by atoms with Crippen molar-refractivity contribution in [3.8, 4) is 5.75 Å². The lowest BCUT2D eigenvalue weighted by Gasteiger charge is -2.15. The Morgan fingerprint density at radius 3 is 2.53 bits per heavy atom. The van der Waals surface area contributed by atoms with Crippen molar-refractivity contribution in [2.75, 3.05) is 6.61 Å². The number of aliphatic hydroxyl groups is 1. The van der Waals surface area contributed by atoms with E-state index in [1.807, 2.05) is 30.3 Å². The maximum Gasteiger partial charge on any atom is 0.128 e. The van der Waals surface area contributed by atoms with Gasteiger partial charge in [-0.1, -0.05) is 44.0 Å². The standard InChI is InChI=1S/C15H12Br2O2/c16-11-3-1-9(2-4-11)14(18)13-8-12(17)7-10-5-6-19-15(10)13/h1-4,7-8,14,18H,5-6H2. The Labute approximate surface area is 128 Å². The van der Waals surface area contributed by atoms with E-state index in [-0.39, 0.29) is 0 Å². The van der Waals surface area contributed by atoms with Crippen molar-refractivity contribution in [1.29, 1.82) is 0 Å². The SMILES string of the molecule is OC(c1ccc(Br)cc1)c1cc(Br)cc2c1OCC2. The van der Waals surface area contributed by atoms with Crippen LogP contribution in [0.3, 0.4) is 0 Å². The number of benzene rings is 2. The minimum absolute atomic E-state index is 0.669. The molecule has 2 aromatic rings. The van der Waals surface area contributed by atoms with E-state index in [2.05, 4.69) is 37.9 Å². The van der Waals surface area contributed by atoms with E-state index in [4.69, 9.17) is 4.74 Å². The molecule has 3 rings (SSSR count). The number of hydrogen-bond donors (Lipinski definition) is 1. The third-order valence-corrected chi connectivity index (χ3v) is 4.24. The van der Waals surface area contributed by atoms with Crippen LogP contribution in [0.1, 0.15) is 22.8 Å². The average Bonchev–Trinajstić information content (AvgIpc) is 2.85. The Hall–Kier alpha value is -0.840. The molecule has 1 aliphatic heterocycles. The van der Waals surface area contributed by atoms with Gasteiger partial charge in [0.1, 0.15) is 11.9 Å². The van der Waals surface area contributed by atoms with Gasteiger partial charge in [-0.3, -0.25) is 0 Å². The Morgan fingerprint density at radius 2 is 1.79 bits per heavy atom. The van der Waals surface area contributed by atoms with Crippen molar-refractivity contribution in [3.63, 3.8) is 0 Å². The lowest BCUT2D eigenvalue weighted by molar-refractivity contribution is 0.213. The maximum absolute atomic E-state index is 10.6. The molecule has 1 N–H and O–H groups in total. The van der Waals surface area contributed by atoms with E-state index in [1.165, 1.54) is 0 Å². The first-order valence-electron chi connectivity index (χ1n) is 6.04. The maximum atomic E-state index is 10.6. The van der Waals surface area contributed by atoms with Crippen LogP contribution in [0.2, 0.25) is 0 Å². The predicted molar refractivity (Wildman–Crippen MR) is 81.5 cm³/mol. The summed E-state index contributed by atoms with van der Waals surface area (Å²) in [6.07, 6.45) is 0.229. The summed E-state index contributed by atoms with van der Waals surface area (Å²) in [5, 5.41) is 10.6. The summed E-state index contributed by atoms with van der Waals surface area (Å²) in [7, 11) is 0. The highest BCUT2D eigenvalue weighted by molar-refractivity contribution is 9.10. The van der Waals surface area contributed by atoms with Crippen molar-refractivity contribution in [3.05, 3.63) is 62.0 Å². The minimum atomic E-state index is -0.669. The van der Waals surface area contributed by atoms with Crippen LogP contribution in [0, 0.1) is 0 Å². The van der Waals surface area contributed by atoms with Crippen LogP contribution < -0.4 is 4.74 Å². The van der Waals surface area contributed by atoms with E-state index < -0.39 is 6.10 Å². The van der Waals surface area contributed by atoms with Crippen LogP contribution in [-0.4, -0.2) is 11.7 Å². The molecule has 98 valence electrons. The molecule has 0 fully saturated rings. The average molecular weight is 384 g/mol. The first-order valence-corrected chi connectivity index (χ1v) is 7.62. The van der Waals surface area contributed by atoms with Gasteiger partial charge in [-0.25, -0.2) is 0 Å². The third kappa shape index (κ3) is 2.57. The number of aliphatic hydroxyl groups excluding tert-OH is 1. The molecule has 0 amide bonds. The minimum Gasteiger partial charge on any atom is -0.493 e. The van der Waals surface area contributed by atoms with E-state index in [1.54, 1.807) is 0 Å². The molecule has 2 nitrogen and oxygen atoms in total. The fraction of sp³-hybridized carbons (Fsp3) is 0.200. The first kappa shape index (κ1) is 13.2. The predicted octanol–water partition coefficient (Wildman–Crippen LogP) is 4.23. The van der Waals surface area contributed by atoms with E-state index in [0.29, 0.717) is 6.61 Å². The second kappa shape index (κ2) is 5.27. The normalized spacial score (nSPS) is 14.9. The van der Waals surface area contributed by atoms with Gasteiger partial charge in [0.2, 0.25) is 0 Å².